The third-order valence-electron chi connectivity index (χ3n) is 3.99. The minimum Gasteiger partial charge on any atom is -0.332 e. The molecule has 0 heterocycles. The molecule has 128 valence electrons. The van der Waals surface area contributed by atoms with Crippen LogP contribution >= 0.6 is 23.2 Å². The van der Waals surface area contributed by atoms with Gasteiger partial charge in [-0.25, -0.2) is 0 Å². The van der Waals surface area contributed by atoms with Crippen molar-refractivity contribution < 1.29 is 4.79 Å². The van der Waals surface area contributed by atoms with Crippen molar-refractivity contribution in [2.75, 3.05) is 0 Å². The van der Waals surface area contributed by atoms with E-state index in [0.717, 1.165) is 11.1 Å². The third-order valence-corrected chi connectivity index (χ3v) is 4.73. The Balaban J connectivity index is 2.28. The van der Waals surface area contributed by atoms with Crippen molar-refractivity contribution in [1.29, 1.82) is 0 Å². The quantitative estimate of drug-likeness (QED) is 0.604. The fraction of sp³-hybridized carbons (Fsp3) is 0.350. The Labute approximate surface area is 154 Å². The summed E-state index contributed by atoms with van der Waals surface area (Å²) in [7, 11) is 0. The molecule has 2 aromatic rings. The van der Waals surface area contributed by atoms with Gasteiger partial charge in [0.2, 0.25) is 5.91 Å². The molecule has 0 saturated heterocycles. The summed E-state index contributed by atoms with van der Waals surface area (Å²) in [5.41, 5.74) is 2.10. The van der Waals surface area contributed by atoms with Crippen LogP contribution in [-0.4, -0.2) is 10.8 Å². The molecule has 4 heteroatoms. The fourth-order valence-electron chi connectivity index (χ4n) is 2.65. The first-order valence-corrected chi connectivity index (χ1v) is 8.92. The number of rotatable bonds is 6. The van der Waals surface area contributed by atoms with Crippen LogP contribution in [0.25, 0.3) is 0 Å². The Morgan fingerprint density at radius 2 is 1.67 bits per heavy atom. The van der Waals surface area contributed by atoms with Gasteiger partial charge in [-0.15, -0.1) is 0 Å². The molecule has 0 bridgehead atoms. The number of nitrogens with zero attached hydrogens (tertiary/aromatic N) is 1. The number of carbonyl (C=O) groups is 1. The van der Waals surface area contributed by atoms with Crippen LogP contribution in [0.3, 0.4) is 0 Å². The van der Waals surface area contributed by atoms with E-state index in [-0.39, 0.29) is 11.9 Å². The van der Waals surface area contributed by atoms with E-state index < -0.39 is 0 Å². The van der Waals surface area contributed by atoms with Gasteiger partial charge in [-0.05, 0) is 36.1 Å². The molecule has 0 radical (unpaired) electrons. The molecule has 1 atom stereocenters. The van der Waals surface area contributed by atoms with Gasteiger partial charge in [0.15, 0.2) is 0 Å². The Kier molecular flexibility index (Phi) is 6.70. The molecule has 0 aliphatic heterocycles. The molecular weight excluding hydrogens is 341 g/mol. The Morgan fingerprint density at radius 1 is 1.00 bits per heavy atom. The van der Waals surface area contributed by atoms with Crippen molar-refractivity contribution in [1.82, 2.24) is 4.90 Å². The van der Waals surface area contributed by atoms with Gasteiger partial charge in [0.05, 0.1) is 16.1 Å². The number of hydrogen-bond acceptors (Lipinski definition) is 1. The highest BCUT2D eigenvalue weighted by Gasteiger charge is 2.22. The molecule has 0 N–H and O–H groups in total. The highest BCUT2D eigenvalue weighted by molar-refractivity contribution is 6.42. The number of benzene rings is 2. The first-order chi connectivity index (χ1) is 11.4. The normalized spacial score (nSPS) is 12.2. The lowest BCUT2D eigenvalue weighted by Crippen LogP contribution is -2.33. The highest BCUT2D eigenvalue weighted by atomic mass is 35.5. The van der Waals surface area contributed by atoms with Crippen molar-refractivity contribution in [2.24, 2.45) is 5.92 Å². The van der Waals surface area contributed by atoms with Crippen LogP contribution in [0.2, 0.25) is 10.0 Å². The average Bonchev–Trinajstić information content (AvgIpc) is 2.55. The van der Waals surface area contributed by atoms with Crippen molar-refractivity contribution in [3.05, 3.63) is 69.7 Å². The molecule has 0 aliphatic carbocycles. The zero-order chi connectivity index (χ0) is 17.7. The van der Waals surface area contributed by atoms with Gasteiger partial charge in [0.25, 0.3) is 0 Å². The topological polar surface area (TPSA) is 20.3 Å². The lowest BCUT2D eigenvalue weighted by molar-refractivity contribution is -0.134. The Hall–Kier alpha value is -1.51. The van der Waals surface area contributed by atoms with Crippen molar-refractivity contribution in [2.45, 2.75) is 39.8 Å². The molecule has 24 heavy (non-hydrogen) atoms. The summed E-state index contributed by atoms with van der Waals surface area (Å²) in [6.07, 6.45) is 0.526. The Morgan fingerprint density at radius 3 is 2.25 bits per heavy atom. The second-order valence-corrected chi connectivity index (χ2v) is 7.27. The van der Waals surface area contributed by atoms with Gasteiger partial charge in [-0.3, -0.25) is 4.79 Å². The minimum atomic E-state index is -0.00750. The standard InChI is InChI=1S/C20H23Cl2NO/c1-14(2)11-20(24)23(15(3)17-7-5-4-6-8-17)13-16-9-10-18(21)19(22)12-16/h4-10,12,14-15H,11,13H2,1-3H3. The zero-order valence-electron chi connectivity index (χ0n) is 14.3. The molecule has 0 spiro atoms. The van der Waals surface area contributed by atoms with E-state index >= 15 is 0 Å². The summed E-state index contributed by atoms with van der Waals surface area (Å²) in [6, 6.07) is 15.6. The van der Waals surface area contributed by atoms with E-state index in [1.807, 2.05) is 35.2 Å². The van der Waals surface area contributed by atoms with E-state index in [0.29, 0.717) is 28.9 Å². The van der Waals surface area contributed by atoms with E-state index in [9.17, 15) is 4.79 Å². The highest BCUT2D eigenvalue weighted by Crippen LogP contribution is 2.27. The molecular formula is C20H23Cl2NO. The predicted octanol–water partition coefficient (Wildman–Crippen LogP) is 6.13. The molecule has 2 nitrogen and oxygen atoms in total. The van der Waals surface area contributed by atoms with Gasteiger partial charge < -0.3 is 4.90 Å². The third kappa shape index (κ3) is 4.99. The van der Waals surface area contributed by atoms with Crippen LogP contribution in [0.15, 0.2) is 48.5 Å². The molecule has 2 rings (SSSR count). The minimum absolute atomic E-state index is 0.00750. The van der Waals surface area contributed by atoms with Crippen molar-refractivity contribution in [3.63, 3.8) is 0 Å². The molecule has 1 amide bonds. The summed E-state index contributed by atoms with van der Waals surface area (Å²) in [5, 5.41) is 1.04. The SMILES string of the molecule is CC(C)CC(=O)N(Cc1ccc(Cl)c(Cl)c1)C(C)c1ccccc1. The summed E-state index contributed by atoms with van der Waals surface area (Å²) >= 11 is 12.1. The predicted molar refractivity (Wildman–Crippen MR) is 101 cm³/mol. The molecule has 0 saturated carbocycles. The van der Waals surface area contributed by atoms with Crippen LogP contribution in [-0.2, 0) is 11.3 Å². The van der Waals surface area contributed by atoms with Crippen LogP contribution in [0, 0.1) is 5.92 Å². The van der Waals surface area contributed by atoms with Crippen molar-refractivity contribution in [3.8, 4) is 0 Å². The van der Waals surface area contributed by atoms with Gasteiger partial charge in [0, 0.05) is 13.0 Å². The maximum atomic E-state index is 12.8. The number of hydrogen-bond donors (Lipinski definition) is 0. The van der Waals surface area contributed by atoms with Gasteiger partial charge in [-0.2, -0.15) is 0 Å². The molecule has 1 unspecified atom stereocenters. The largest absolute Gasteiger partial charge is 0.332 e. The van der Waals surface area contributed by atoms with Crippen LogP contribution in [0.1, 0.15) is 44.4 Å². The maximum absolute atomic E-state index is 12.8. The van der Waals surface area contributed by atoms with E-state index in [1.165, 1.54) is 0 Å². The van der Waals surface area contributed by atoms with Gasteiger partial charge >= 0.3 is 0 Å². The summed E-state index contributed by atoms with van der Waals surface area (Å²) < 4.78 is 0. The first-order valence-electron chi connectivity index (χ1n) is 8.16. The maximum Gasteiger partial charge on any atom is 0.223 e. The first kappa shape index (κ1) is 18.8. The Bertz CT molecular complexity index is 685. The molecule has 0 fully saturated rings. The lowest BCUT2D eigenvalue weighted by atomic mass is 10.0. The van der Waals surface area contributed by atoms with Crippen molar-refractivity contribution >= 4 is 29.1 Å². The van der Waals surface area contributed by atoms with Crippen LogP contribution in [0.4, 0.5) is 0 Å². The monoisotopic (exact) mass is 363 g/mol. The van der Waals surface area contributed by atoms with Gasteiger partial charge in [0.1, 0.15) is 0 Å². The summed E-state index contributed by atoms with van der Waals surface area (Å²) in [5.74, 6) is 0.462. The lowest BCUT2D eigenvalue weighted by Gasteiger charge is -2.30. The summed E-state index contributed by atoms with van der Waals surface area (Å²) in [4.78, 5) is 14.7. The van der Waals surface area contributed by atoms with Crippen LogP contribution in [0.5, 0.6) is 0 Å². The van der Waals surface area contributed by atoms with E-state index in [1.54, 1.807) is 6.07 Å². The second kappa shape index (κ2) is 8.55. The molecule has 0 aliphatic rings. The molecule has 2 aromatic carbocycles. The smallest absolute Gasteiger partial charge is 0.223 e. The average molecular weight is 364 g/mol. The zero-order valence-corrected chi connectivity index (χ0v) is 15.8. The molecule has 0 aromatic heterocycles. The van der Waals surface area contributed by atoms with Crippen LogP contribution < -0.4 is 0 Å². The number of carbonyl (C=O) groups excluding carboxylic acids is 1. The van der Waals surface area contributed by atoms with E-state index in [2.05, 4.69) is 32.9 Å². The fourth-order valence-corrected chi connectivity index (χ4v) is 2.97. The van der Waals surface area contributed by atoms with E-state index in [4.69, 9.17) is 23.2 Å². The second-order valence-electron chi connectivity index (χ2n) is 6.45. The summed E-state index contributed by atoms with van der Waals surface area (Å²) in [6.45, 7) is 6.69. The van der Waals surface area contributed by atoms with Gasteiger partial charge in [-0.1, -0.05) is 73.4 Å². The number of amides is 1. The number of halogens is 2.